The van der Waals surface area contributed by atoms with Crippen molar-refractivity contribution in [3.8, 4) is 22.8 Å². The number of nitrogens with one attached hydrogen (secondary N) is 1. The van der Waals surface area contributed by atoms with E-state index in [9.17, 15) is 19.7 Å². The Morgan fingerprint density at radius 2 is 1.81 bits per heavy atom. The van der Waals surface area contributed by atoms with Crippen molar-refractivity contribution < 1.29 is 28.7 Å². The van der Waals surface area contributed by atoms with Crippen molar-refractivity contribution in [2.75, 3.05) is 19.5 Å². The number of carbonyl (C=O) groups is 2. The highest BCUT2D eigenvalue weighted by Crippen LogP contribution is 2.28. The average molecular weight is 457 g/mol. The predicted molar refractivity (Wildman–Crippen MR) is 117 cm³/mol. The minimum Gasteiger partial charge on any atom is -0.497 e. The van der Waals surface area contributed by atoms with Gasteiger partial charge in [0, 0.05) is 29.1 Å². The molecule has 2 aromatic carbocycles. The van der Waals surface area contributed by atoms with Crippen LogP contribution in [0.5, 0.6) is 11.5 Å². The molecule has 0 aliphatic carbocycles. The van der Waals surface area contributed by atoms with Crippen LogP contribution >= 0.6 is 11.3 Å². The molecular weight excluding hydrogens is 438 g/mol. The molecule has 0 saturated carbocycles. The molecule has 1 atom stereocenters. The fourth-order valence-electron chi connectivity index (χ4n) is 2.66. The summed E-state index contributed by atoms with van der Waals surface area (Å²) in [7, 11) is 2.91. The lowest BCUT2D eigenvalue weighted by Gasteiger charge is -2.13. The zero-order valence-corrected chi connectivity index (χ0v) is 18.2. The second-order valence-corrected chi connectivity index (χ2v) is 7.34. The van der Waals surface area contributed by atoms with E-state index < -0.39 is 22.9 Å². The Hall–Kier alpha value is -3.99. The van der Waals surface area contributed by atoms with Crippen LogP contribution < -0.4 is 14.8 Å². The van der Waals surface area contributed by atoms with Gasteiger partial charge in [-0.15, -0.1) is 11.3 Å². The molecule has 11 heteroatoms. The molecule has 3 aromatic rings. The van der Waals surface area contributed by atoms with Crippen molar-refractivity contribution in [1.29, 1.82) is 0 Å². The van der Waals surface area contributed by atoms with Crippen LogP contribution in [0.4, 0.5) is 10.8 Å². The van der Waals surface area contributed by atoms with Gasteiger partial charge in [-0.05, 0) is 19.1 Å². The van der Waals surface area contributed by atoms with Gasteiger partial charge in [-0.1, -0.05) is 12.1 Å². The molecule has 10 nitrogen and oxygen atoms in total. The molecule has 166 valence electrons. The number of ether oxygens (including phenoxy) is 3. The van der Waals surface area contributed by atoms with E-state index in [-0.39, 0.29) is 16.4 Å². The molecule has 0 fully saturated rings. The summed E-state index contributed by atoms with van der Waals surface area (Å²) in [5.41, 5.74) is 1.13. The molecule has 0 bridgehead atoms. The maximum Gasteiger partial charge on any atom is 0.339 e. The number of nitrogens with zero attached hydrogens (tertiary/aromatic N) is 2. The van der Waals surface area contributed by atoms with Crippen LogP contribution in [0.1, 0.15) is 17.3 Å². The van der Waals surface area contributed by atoms with Crippen LogP contribution in [-0.2, 0) is 9.53 Å². The summed E-state index contributed by atoms with van der Waals surface area (Å²) in [6.07, 6.45) is -1.11. The third-order valence-electron chi connectivity index (χ3n) is 4.33. The van der Waals surface area contributed by atoms with Gasteiger partial charge in [0.1, 0.15) is 11.5 Å². The van der Waals surface area contributed by atoms with Crippen LogP contribution in [0.2, 0.25) is 0 Å². The molecule has 1 aromatic heterocycles. The number of hydrogen-bond donors (Lipinski definition) is 1. The van der Waals surface area contributed by atoms with Gasteiger partial charge in [-0.3, -0.25) is 20.2 Å². The van der Waals surface area contributed by atoms with Crippen LogP contribution in [0.15, 0.2) is 47.8 Å². The quantitative estimate of drug-likeness (QED) is 0.306. The fraction of sp³-hybridized carbons (Fsp3) is 0.190. The van der Waals surface area contributed by atoms with Crippen LogP contribution in [-0.4, -0.2) is 42.1 Å². The molecule has 0 radical (unpaired) electrons. The summed E-state index contributed by atoms with van der Waals surface area (Å²) in [4.78, 5) is 39.6. The van der Waals surface area contributed by atoms with E-state index in [0.29, 0.717) is 22.8 Å². The van der Waals surface area contributed by atoms with Crippen molar-refractivity contribution in [3.63, 3.8) is 0 Å². The highest BCUT2D eigenvalue weighted by molar-refractivity contribution is 7.14. The van der Waals surface area contributed by atoms with Crippen molar-refractivity contribution in [1.82, 2.24) is 4.98 Å². The highest BCUT2D eigenvalue weighted by Gasteiger charge is 2.21. The Balaban J connectivity index is 1.66. The number of nitro benzene ring substituents is 1. The Morgan fingerprint density at radius 3 is 2.44 bits per heavy atom. The number of thiazole rings is 1. The number of rotatable bonds is 8. The first-order valence-corrected chi connectivity index (χ1v) is 10.1. The molecule has 1 amide bonds. The fourth-order valence-corrected chi connectivity index (χ4v) is 3.38. The van der Waals surface area contributed by atoms with Gasteiger partial charge >= 0.3 is 5.97 Å². The van der Waals surface area contributed by atoms with Gasteiger partial charge in [0.25, 0.3) is 11.6 Å². The number of nitro groups is 1. The standard InChI is InChI=1S/C21H19N3O7S/c1-12(31-20(26)14-8-16(29-2)10-17(9-14)30-3)19(25)23-21-22-18(11-32-21)13-5-4-6-15(7-13)24(27)28/h4-12H,1-3H3,(H,22,23,25)/t12-/m1/s1. The van der Waals surface area contributed by atoms with Crippen molar-refractivity contribution in [2.45, 2.75) is 13.0 Å². The minimum atomic E-state index is -1.11. The summed E-state index contributed by atoms with van der Waals surface area (Å²) in [6.45, 7) is 1.43. The molecule has 0 saturated heterocycles. The molecule has 1 N–H and O–H groups in total. The van der Waals surface area contributed by atoms with Gasteiger partial charge < -0.3 is 14.2 Å². The number of esters is 1. The number of methoxy groups -OCH3 is 2. The lowest BCUT2D eigenvalue weighted by Crippen LogP contribution is -2.30. The van der Waals surface area contributed by atoms with Crippen LogP contribution in [0.25, 0.3) is 11.3 Å². The number of carbonyl (C=O) groups excluding carboxylic acids is 2. The topological polar surface area (TPSA) is 130 Å². The second kappa shape index (κ2) is 9.88. The van der Waals surface area contributed by atoms with Crippen LogP contribution in [0, 0.1) is 10.1 Å². The molecular formula is C21H19N3O7S. The van der Waals surface area contributed by atoms with E-state index in [2.05, 4.69) is 10.3 Å². The highest BCUT2D eigenvalue weighted by atomic mass is 32.1. The maximum atomic E-state index is 12.5. The van der Waals surface area contributed by atoms with E-state index in [1.54, 1.807) is 23.6 Å². The Labute approximate surface area is 186 Å². The van der Waals surface area contributed by atoms with E-state index in [4.69, 9.17) is 14.2 Å². The van der Waals surface area contributed by atoms with Gasteiger partial charge in [0.15, 0.2) is 11.2 Å². The summed E-state index contributed by atoms with van der Waals surface area (Å²) < 4.78 is 15.5. The normalized spacial score (nSPS) is 11.3. The summed E-state index contributed by atoms with van der Waals surface area (Å²) in [5.74, 6) is -0.482. The van der Waals surface area contributed by atoms with Gasteiger partial charge in [-0.25, -0.2) is 9.78 Å². The monoisotopic (exact) mass is 457 g/mol. The first-order valence-electron chi connectivity index (χ1n) is 9.26. The third kappa shape index (κ3) is 5.38. The van der Waals surface area contributed by atoms with E-state index >= 15 is 0 Å². The van der Waals surface area contributed by atoms with E-state index in [1.807, 2.05) is 0 Å². The summed E-state index contributed by atoms with van der Waals surface area (Å²) in [6, 6.07) is 10.6. The first kappa shape index (κ1) is 22.7. The van der Waals surface area contributed by atoms with Gasteiger partial charge in [0.2, 0.25) is 0 Å². The zero-order chi connectivity index (χ0) is 23.3. The molecule has 0 spiro atoms. The number of benzene rings is 2. The Kier molecular flexibility index (Phi) is 7.00. The Morgan fingerprint density at radius 1 is 1.12 bits per heavy atom. The summed E-state index contributed by atoms with van der Waals surface area (Å²) in [5, 5.41) is 15.5. The van der Waals surface area contributed by atoms with Crippen molar-refractivity contribution in [3.05, 3.63) is 63.5 Å². The number of non-ortho nitro benzene ring substituents is 1. The van der Waals surface area contributed by atoms with Crippen molar-refractivity contribution >= 4 is 34.0 Å². The SMILES string of the molecule is COc1cc(OC)cc(C(=O)O[C@H](C)C(=O)Nc2nc(-c3cccc([N+](=O)[O-])c3)cs2)c1. The van der Waals surface area contributed by atoms with E-state index in [0.717, 1.165) is 11.3 Å². The number of anilines is 1. The molecule has 0 unspecified atom stereocenters. The molecule has 0 aliphatic rings. The van der Waals surface area contributed by atoms with Gasteiger partial charge in [0.05, 0.1) is 30.4 Å². The number of hydrogen-bond acceptors (Lipinski definition) is 9. The maximum absolute atomic E-state index is 12.5. The number of amides is 1. The molecule has 3 rings (SSSR count). The zero-order valence-electron chi connectivity index (χ0n) is 17.4. The lowest BCUT2D eigenvalue weighted by atomic mass is 10.1. The van der Waals surface area contributed by atoms with E-state index in [1.165, 1.54) is 45.4 Å². The predicted octanol–water partition coefficient (Wildman–Crippen LogP) is 3.92. The first-order chi connectivity index (χ1) is 15.3. The largest absolute Gasteiger partial charge is 0.497 e. The Bertz CT molecular complexity index is 1140. The summed E-state index contributed by atoms with van der Waals surface area (Å²) >= 11 is 1.14. The number of aromatic nitrogens is 1. The average Bonchev–Trinajstić information content (AvgIpc) is 3.27. The second-order valence-electron chi connectivity index (χ2n) is 6.48. The lowest BCUT2D eigenvalue weighted by molar-refractivity contribution is -0.384. The molecule has 32 heavy (non-hydrogen) atoms. The van der Waals surface area contributed by atoms with Crippen LogP contribution in [0.3, 0.4) is 0 Å². The van der Waals surface area contributed by atoms with Gasteiger partial charge in [-0.2, -0.15) is 0 Å². The molecule has 0 aliphatic heterocycles. The van der Waals surface area contributed by atoms with Crippen molar-refractivity contribution in [2.24, 2.45) is 0 Å². The third-order valence-corrected chi connectivity index (χ3v) is 5.08. The smallest absolute Gasteiger partial charge is 0.339 e. The minimum absolute atomic E-state index is 0.0595. The molecule has 1 heterocycles.